The summed E-state index contributed by atoms with van der Waals surface area (Å²) < 4.78 is 0. The highest BCUT2D eigenvalue weighted by Gasteiger charge is 2.28. The van der Waals surface area contributed by atoms with E-state index in [0.717, 1.165) is 42.0 Å². The van der Waals surface area contributed by atoms with Crippen LogP contribution in [0.25, 0.3) is 11.0 Å². The van der Waals surface area contributed by atoms with Crippen molar-refractivity contribution < 1.29 is 0 Å². The summed E-state index contributed by atoms with van der Waals surface area (Å²) >= 11 is 0. The van der Waals surface area contributed by atoms with Crippen molar-refractivity contribution in [3.8, 4) is 6.07 Å². The lowest BCUT2D eigenvalue weighted by Gasteiger charge is -2.27. The van der Waals surface area contributed by atoms with Crippen LogP contribution in [0.2, 0.25) is 0 Å². The monoisotopic (exact) mass is 319 g/mol. The van der Waals surface area contributed by atoms with Gasteiger partial charge in [-0.3, -0.25) is 0 Å². The van der Waals surface area contributed by atoms with E-state index >= 15 is 0 Å². The van der Waals surface area contributed by atoms with E-state index in [0.29, 0.717) is 11.7 Å². The Bertz CT molecular complexity index is 910. The van der Waals surface area contributed by atoms with Gasteiger partial charge in [0.2, 0.25) is 0 Å². The minimum atomic E-state index is 0.364. The van der Waals surface area contributed by atoms with Crippen LogP contribution >= 0.6 is 0 Å². The zero-order valence-corrected chi connectivity index (χ0v) is 13.3. The lowest BCUT2D eigenvalue weighted by Crippen LogP contribution is -2.34. The zero-order valence-electron chi connectivity index (χ0n) is 13.3. The van der Waals surface area contributed by atoms with Gasteiger partial charge in [-0.05, 0) is 24.6 Å². The fourth-order valence-corrected chi connectivity index (χ4v) is 3.27. The first kappa shape index (κ1) is 14.5. The molecule has 7 heteroatoms. The van der Waals surface area contributed by atoms with Gasteiger partial charge in [0.25, 0.3) is 0 Å². The number of aromatic amines is 1. The topological polar surface area (TPSA) is 84.7 Å². The Morgan fingerprint density at radius 2 is 2.25 bits per heavy atom. The minimum Gasteiger partial charge on any atom is -0.370 e. The summed E-state index contributed by atoms with van der Waals surface area (Å²) in [5.74, 6) is 0.976. The quantitative estimate of drug-likeness (QED) is 0.794. The predicted molar refractivity (Wildman–Crippen MR) is 91.9 cm³/mol. The molecule has 1 aliphatic heterocycles. The molecule has 4 heterocycles. The Morgan fingerprint density at radius 3 is 3.12 bits per heavy atom. The highest BCUT2D eigenvalue weighted by molar-refractivity contribution is 5.87. The first-order chi connectivity index (χ1) is 11.8. The average Bonchev–Trinajstić information content (AvgIpc) is 3.30. The van der Waals surface area contributed by atoms with Crippen LogP contribution in [-0.2, 0) is 0 Å². The second-order valence-electron chi connectivity index (χ2n) is 5.95. The number of fused-ring (bicyclic) bond motifs is 1. The number of hydrogen-bond acceptors (Lipinski definition) is 6. The summed E-state index contributed by atoms with van der Waals surface area (Å²) in [4.78, 5) is 20.4. The van der Waals surface area contributed by atoms with Crippen LogP contribution in [0.5, 0.6) is 0 Å². The van der Waals surface area contributed by atoms with Gasteiger partial charge in [-0.15, -0.1) is 0 Å². The highest BCUT2D eigenvalue weighted by atomic mass is 15.3. The van der Waals surface area contributed by atoms with Gasteiger partial charge in [0.15, 0.2) is 0 Å². The van der Waals surface area contributed by atoms with E-state index in [1.54, 1.807) is 12.5 Å². The molecule has 120 valence electrons. The SMILES string of the molecule is CN(c1ccnc(C#N)c1)[C@@H]1CCN(c2ncnc3[nH]ccc23)C1. The number of aromatic nitrogens is 4. The number of anilines is 2. The van der Waals surface area contributed by atoms with Crippen molar-refractivity contribution >= 4 is 22.5 Å². The van der Waals surface area contributed by atoms with E-state index in [2.05, 4.69) is 42.9 Å². The van der Waals surface area contributed by atoms with E-state index in [9.17, 15) is 0 Å². The van der Waals surface area contributed by atoms with Crippen molar-refractivity contribution in [2.75, 3.05) is 29.9 Å². The maximum absolute atomic E-state index is 9.02. The molecule has 0 spiro atoms. The molecule has 0 aliphatic carbocycles. The lowest BCUT2D eigenvalue weighted by atomic mass is 10.2. The van der Waals surface area contributed by atoms with Gasteiger partial charge in [-0.1, -0.05) is 0 Å². The normalized spacial score (nSPS) is 17.2. The van der Waals surface area contributed by atoms with Gasteiger partial charge >= 0.3 is 0 Å². The number of pyridine rings is 1. The van der Waals surface area contributed by atoms with Crippen molar-refractivity contribution in [2.24, 2.45) is 0 Å². The van der Waals surface area contributed by atoms with Gasteiger partial charge in [-0.2, -0.15) is 5.26 Å². The molecule has 0 radical (unpaired) electrons. The molecule has 1 N–H and O–H groups in total. The molecular weight excluding hydrogens is 302 g/mol. The summed E-state index contributed by atoms with van der Waals surface area (Å²) in [6.45, 7) is 1.83. The number of H-pyrrole nitrogens is 1. The second-order valence-corrected chi connectivity index (χ2v) is 5.95. The van der Waals surface area contributed by atoms with Crippen molar-refractivity contribution in [2.45, 2.75) is 12.5 Å². The predicted octanol–water partition coefficient (Wildman–Crippen LogP) is 1.94. The number of hydrogen-bond donors (Lipinski definition) is 1. The van der Waals surface area contributed by atoms with Crippen LogP contribution in [0.1, 0.15) is 12.1 Å². The van der Waals surface area contributed by atoms with E-state index in [-0.39, 0.29) is 0 Å². The van der Waals surface area contributed by atoms with E-state index in [4.69, 9.17) is 5.26 Å². The summed E-state index contributed by atoms with van der Waals surface area (Å²) in [5.41, 5.74) is 2.33. The summed E-state index contributed by atoms with van der Waals surface area (Å²) in [5, 5.41) is 10.1. The number of nitrogens with one attached hydrogen (secondary N) is 1. The fraction of sp³-hybridized carbons (Fsp3) is 0.294. The third-order valence-corrected chi connectivity index (χ3v) is 4.61. The smallest absolute Gasteiger partial charge is 0.142 e. The second kappa shape index (κ2) is 5.81. The Morgan fingerprint density at radius 1 is 1.33 bits per heavy atom. The molecule has 4 rings (SSSR count). The number of likely N-dealkylation sites (N-methyl/N-ethyl adjacent to an activating group) is 1. The van der Waals surface area contributed by atoms with Crippen molar-refractivity contribution in [3.05, 3.63) is 42.6 Å². The van der Waals surface area contributed by atoms with Crippen molar-refractivity contribution in [3.63, 3.8) is 0 Å². The average molecular weight is 319 g/mol. The van der Waals surface area contributed by atoms with Crippen molar-refractivity contribution in [1.29, 1.82) is 5.26 Å². The van der Waals surface area contributed by atoms with Crippen LogP contribution in [0.3, 0.4) is 0 Å². The Kier molecular flexibility index (Phi) is 3.50. The van der Waals surface area contributed by atoms with Gasteiger partial charge in [-0.25, -0.2) is 15.0 Å². The molecule has 1 aliphatic rings. The Hall–Kier alpha value is -3.14. The lowest BCUT2D eigenvalue weighted by molar-refractivity contribution is 0.692. The summed E-state index contributed by atoms with van der Waals surface area (Å²) in [6, 6.07) is 8.25. The maximum Gasteiger partial charge on any atom is 0.142 e. The molecule has 7 nitrogen and oxygen atoms in total. The molecule has 0 saturated carbocycles. The molecule has 0 amide bonds. The fourth-order valence-electron chi connectivity index (χ4n) is 3.27. The first-order valence-corrected chi connectivity index (χ1v) is 7.88. The highest BCUT2D eigenvalue weighted by Crippen LogP contribution is 2.28. The van der Waals surface area contributed by atoms with Gasteiger partial charge < -0.3 is 14.8 Å². The van der Waals surface area contributed by atoms with E-state index in [1.165, 1.54) is 0 Å². The van der Waals surface area contributed by atoms with E-state index in [1.807, 2.05) is 24.4 Å². The van der Waals surface area contributed by atoms with E-state index < -0.39 is 0 Å². The minimum absolute atomic E-state index is 0.364. The maximum atomic E-state index is 9.02. The van der Waals surface area contributed by atoms with Crippen LogP contribution in [0.4, 0.5) is 11.5 Å². The van der Waals surface area contributed by atoms with Crippen LogP contribution in [0.15, 0.2) is 36.9 Å². The molecular formula is C17H17N7. The van der Waals surface area contributed by atoms with Gasteiger partial charge in [0.1, 0.15) is 29.6 Å². The van der Waals surface area contributed by atoms with Crippen LogP contribution in [-0.4, -0.2) is 46.1 Å². The molecule has 1 fully saturated rings. The molecule has 0 bridgehead atoms. The van der Waals surface area contributed by atoms with Crippen LogP contribution in [0, 0.1) is 11.3 Å². The number of rotatable bonds is 3. The summed E-state index contributed by atoms with van der Waals surface area (Å²) in [6.07, 6.45) is 6.22. The molecule has 24 heavy (non-hydrogen) atoms. The zero-order chi connectivity index (χ0) is 16.5. The molecule has 1 saturated heterocycles. The standard InChI is InChI=1S/C17H17N7/c1-23(13-2-5-19-12(8-13)9-18)14-4-7-24(10-14)17-15-3-6-20-16(15)21-11-22-17/h2-3,5-6,8,11,14H,4,7,10H2,1H3,(H,20,21,22)/t14-/m1/s1. The molecule has 3 aromatic heterocycles. The van der Waals surface area contributed by atoms with Gasteiger partial charge in [0.05, 0.1) is 5.39 Å². The molecule has 3 aromatic rings. The van der Waals surface area contributed by atoms with Crippen LogP contribution < -0.4 is 9.80 Å². The molecule has 1 atom stereocenters. The molecule has 0 aromatic carbocycles. The van der Waals surface area contributed by atoms with Gasteiger partial charge in [0, 0.05) is 44.3 Å². The molecule has 0 unspecified atom stereocenters. The van der Waals surface area contributed by atoms with Crippen molar-refractivity contribution in [1.82, 2.24) is 19.9 Å². The first-order valence-electron chi connectivity index (χ1n) is 7.88. The number of nitriles is 1. The Labute approximate surface area is 139 Å². The number of nitrogens with zero attached hydrogens (tertiary/aromatic N) is 6. The summed E-state index contributed by atoms with van der Waals surface area (Å²) in [7, 11) is 2.07. The Balaban J connectivity index is 1.56. The largest absolute Gasteiger partial charge is 0.370 e. The third-order valence-electron chi connectivity index (χ3n) is 4.61. The third kappa shape index (κ3) is 2.42.